The Kier molecular flexibility index (Phi) is 27.2. The van der Waals surface area contributed by atoms with Crippen LogP contribution in [-0.4, -0.2) is 267 Å². The van der Waals surface area contributed by atoms with Crippen LogP contribution in [0.1, 0.15) is 210 Å². The highest BCUT2D eigenvalue weighted by Crippen LogP contribution is 2.76. The molecule has 10 aromatic rings. The Labute approximate surface area is 814 Å². The number of carbonyl (C=O) groups is 5. The van der Waals surface area contributed by atoms with Gasteiger partial charge >= 0.3 is 0 Å². The van der Waals surface area contributed by atoms with Gasteiger partial charge in [0.25, 0.3) is 0 Å². The Bertz CT molecular complexity index is 5800. The van der Waals surface area contributed by atoms with Crippen molar-refractivity contribution in [1.29, 1.82) is 0 Å². The summed E-state index contributed by atoms with van der Waals surface area (Å²) in [5, 5.41) is 22.6. The fraction of sp³-hybridized carbons (Fsp3) is 0.571. The minimum atomic E-state index is -1.16. The summed E-state index contributed by atoms with van der Waals surface area (Å²) in [7, 11) is 3.57. The van der Waals surface area contributed by atoms with Crippen molar-refractivity contribution in [3.63, 3.8) is 0 Å². The number of halogens is 3. The maximum atomic E-state index is 15.3. The lowest BCUT2D eigenvalue weighted by Gasteiger charge is -2.38. The molecule has 5 aliphatic heterocycles. The van der Waals surface area contributed by atoms with Gasteiger partial charge in [0.1, 0.15) is 106 Å². The van der Waals surface area contributed by atoms with Gasteiger partial charge in [0.15, 0.2) is 0 Å². The smallest absolute Gasteiger partial charge is 0.246 e. The highest BCUT2D eigenvalue weighted by atomic mass is 19.2. The molecule has 35 heteroatoms. The third-order valence-electron chi connectivity index (χ3n) is 34.4. The third-order valence-corrected chi connectivity index (χ3v) is 34.4. The molecule has 13 aliphatic rings. The molecule has 5 saturated heterocycles. The maximum Gasteiger partial charge on any atom is 0.246 e. The van der Waals surface area contributed by atoms with E-state index in [1.165, 1.54) is 60.5 Å². The first kappa shape index (κ1) is 96.7. The van der Waals surface area contributed by atoms with E-state index in [0.29, 0.717) is 56.8 Å². The molecule has 10 N–H and O–H groups in total. The van der Waals surface area contributed by atoms with Crippen molar-refractivity contribution in [3.8, 4) is 0 Å². The second kappa shape index (κ2) is 39.4. The summed E-state index contributed by atoms with van der Waals surface area (Å²) < 4.78 is 56.7. The first-order valence-corrected chi connectivity index (χ1v) is 50.8. The van der Waals surface area contributed by atoms with Gasteiger partial charge in [0, 0.05) is 174 Å². The van der Waals surface area contributed by atoms with Crippen molar-refractivity contribution in [2.75, 3.05) is 93.2 Å². The van der Waals surface area contributed by atoms with Crippen LogP contribution in [0.5, 0.6) is 0 Å². The van der Waals surface area contributed by atoms with Crippen molar-refractivity contribution in [2.24, 2.45) is 29.6 Å². The molecule has 0 bridgehead atoms. The second-order valence-corrected chi connectivity index (χ2v) is 42.1. The van der Waals surface area contributed by atoms with Crippen LogP contribution < -0.4 is 26.6 Å². The SMILES string of the molecule is C=CC(=O)N1CCC[C@@H](Nc2ncnc3[nH]cc(C45CCCC4C5(C)F)c23)C1.C=CC(=O)N1CCC[C@@H](Nc2ncnc3[nH]cc([C@@]45CCC[C@@H]4C5(C)F)c23)C1.C=CC(=O)N1CCC[C@@H](Nc2ncnc3[nH]cc([C@]45CCC[C@H]4C5(C)F)c23)C1.C=CC(=O)N1C[C@H](Nc2ncnc3[nH]cc(CC4CC(OC)C4)c23)CC[C@@H]1C.C=CC(=O)N1C[C@H](Nc2ncnc3[nH]cc(CC4CC(OC)C4)c23)CC[C@@H]1C. The number of nitrogens with one attached hydrogen (secondary N) is 10. The molecule has 16 atom stereocenters. The molecular weight excluding hydrogens is 1780 g/mol. The van der Waals surface area contributed by atoms with E-state index in [0.717, 1.165) is 281 Å². The molecule has 10 aromatic heterocycles. The number of amides is 5. The van der Waals surface area contributed by atoms with E-state index < -0.39 is 33.3 Å². The molecule has 0 aromatic carbocycles. The van der Waals surface area contributed by atoms with Gasteiger partial charge in [-0.05, 0) is 246 Å². The first-order chi connectivity index (χ1) is 67.6. The van der Waals surface area contributed by atoms with Gasteiger partial charge in [-0.15, -0.1) is 0 Å². The van der Waals surface area contributed by atoms with Crippen molar-refractivity contribution in [3.05, 3.63) is 154 Å². The van der Waals surface area contributed by atoms with Crippen LogP contribution in [0, 0.1) is 29.6 Å². The lowest BCUT2D eigenvalue weighted by atomic mass is 9.78. The summed E-state index contributed by atoms with van der Waals surface area (Å²) in [6.45, 7) is 32.9. The Balaban J connectivity index is 0.000000111. The molecule has 32 nitrogen and oxygen atoms in total. The topological polar surface area (TPSA) is 388 Å². The molecule has 0 spiro atoms. The Morgan fingerprint density at radius 2 is 0.643 bits per heavy atom. The molecule has 5 amide bonds. The number of H-pyrrole nitrogens is 5. The zero-order chi connectivity index (χ0) is 97.9. The van der Waals surface area contributed by atoms with Crippen LogP contribution in [0.2, 0.25) is 0 Å². The van der Waals surface area contributed by atoms with Gasteiger partial charge < -0.3 is 85.5 Å². The number of carbonyl (C=O) groups excluding carboxylic acids is 5. The van der Waals surface area contributed by atoms with Crippen LogP contribution in [-0.2, 0) is 62.5 Å². The molecule has 5 unspecified atom stereocenters. The average molecular weight is 1920 g/mol. The van der Waals surface area contributed by atoms with E-state index in [-0.39, 0.29) is 89.6 Å². The molecule has 8 saturated carbocycles. The number of hydrogen-bond donors (Lipinski definition) is 10. The van der Waals surface area contributed by atoms with E-state index in [4.69, 9.17) is 9.47 Å². The predicted molar refractivity (Wildman–Crippen MR) is 536 cm³/mol. The molecule has 13 fully saturated rings. The number of alkyl halides is 3. The van der Waals surface area contributed by atoms with E-state index in [2.05, 4.69) is 160 Å². The summed E-state index contributed by atoms with van der Waals surface area (Å²) in [4.78, 5) is 130. The number of methoxy groups -OCH3 is 2. The van der Waals surface area contributed by atoms with Crippen LogP contribution in [0.25, 0.3) is 55.2 Å². The van der Waals surface area contributed by atoms with Gasteiger partial charge in [-0.3, -0.25) is 24.0 Å². The number of aromatic nitrogens is 15. The summed E-state index contributed by atoms with van der Waals surface area (Å²) in [6, 6.07) is 1.13. The molecule has 0 radical (unpaired) electrons. The summed E-state index contributed by atoms with van der Waals surface area (Å²) >= 11 is 0. The van der Waals surface area contributed by atoms with Crippen molar-refractivity contribution in [2.45, 2.75) is 283 Å². The van der Waals surface area contributed by atoms with E-state index in [1.54, 1.807) is 47.6 Å². The van der Waals surface area contributed by atoms with Gasteiger partial charge in [-0.1, -0.05) is 52.2 Å². The summed E-state index contributed by atoms with van der Waals surface area (Å²) in [6.07, 6.45) is 50.1. The minimum absolute atomic E-state index is 0.00755. The summed E-state index contributed by atoms with van der Waals surface area (Å²) in [5.41, 5.74) is 4.74. The zero-order valence-corrected chi connectivity index (χ0v) is 81.8. The third kappa shape index (κ3) is 17.7. The number of ether oxygens (including phenoxy) is 2. The lowest BCUT2D eigenvalue weighted by molar-refractivity contribution is -0.130. The number of rotatable bonds is 24. The Morgan fingerprint density at radius 3 is 0.914 bits per heavy atom. The van der Waals surface area contributed by atoms with Crippen LogP contribution in [0.3, 0.4) is 0 Å². The fourth-order valence-corrected chi connectivity index (χ4v) is 26.7. The largest absolute Gasteiger partial charge is 0.381 e. The number of piperidine rings is 5. The van der Waals surface area contributed by atoms with Crippen molar-refractivity contribution in [1.82, 2.24) is 99.3 Å². The quantitative estimate of drug-likeness (QED) is 0.0251. The van der Waals surface area contributed by atoms with Crippen molar-refractivity contribution < 1.29 is 46.6 Å². The number of hydrogen-bond acceptors (Lipinski definition) is 22. The monoisotopic (exact) mass is 1920 g/mol. The molecule has 23 rings (SSSR count). The number of aromatic amines is 5. The highest BCUT2D eigenvalue weighted by Gasteiger charge is 2.80. The van der Waals surface area contributed by atoms with Crippen molar-refractivity contribution >= 4 is 114 Å². The molecule has 15 heterocycles. The van der Waals surface area contributed by atoms with Crippen LogP contribution in [0.4, 0.5) is 42.3 Å². The lowest BCUT2D eigenvalue weighted by Crippen LogP contribution is -2.49. The Morgan fingerprint density at radius 1 is 0.371 bits per heavy atom. The number of fused-ring (bicyclic) bond motifs is 8. The molecule has 8 aliphatic carbocycles. The van der Waals surface area contributed by atoms with E-state index in [9.17, 15) is 24.0 Å². The van der Waals surface area contributed by atoms with Gasteiger partial charge in [0.05, 0.1) is 39.1 Å². The first-order valence-electron chi connectivity index (χ1n) is 50.8. The fourth-order valence-electron chi connectivity index (χ4n) is 26.7. The van der Waals surface area contributed by atoms with Crippen LogP contribution in [0.15, 0.2) is 126 Å². The average Bonchev–Trinajstić information content (AvgIpc) is 1.49. The molecule has 744 valence electrons. The van der Waals surface area contributed by atoms with Gasteiger partial charge in [-0.2, -0.15) is 0 Å². The number of anilines is 5. The van der Waals surface area contributed by atoms with E-state index in [1.807, 2.05) is 43.1 Å². The normalized spacial score (nSPS) is 31.5. The van der Waals surface area contributed by atoms with Crippen LogP contribution >= 0.6 is 0 Å². The number of likely N-dealkylation sites (tertiary alicyclic amines) is 5. The predicted octanol–water partition coefficient (Wildman–Crippen LogP) is 15.8. The zero-order valence-electron chi connectivity index (χ0n) is 81.8. The highest BCUT2D eigenvalue weighted by molar-refractivity contribution is 5.97. The standard InChI is InChI=1S/3C21H26FN5O.2C21H29N5O2/c3*1-3-16(28)27-9-5-6-13(11-27)26-19-17-14(10-23-18(17)24-12-25-19)21-8-4-7-15(21)20(21,2)22;2*1-4-18(27)26-11-16(6-5-13(26)2)25-21-19-15(7-14-8-17(9-14)28-3)10-22-20(19)23-12-24-21/h3*3,10,12-13,15H,1,4-9,11H2,2H3,(H2,23,24,25,26);2*4,10,12-14,16-17H,1,5-9,11H2,2-3H3,(H2,22,23,24,25)/t13-,15?,20?,21?;13-,15+,20?,21-;13-,15-,20?,21+;2*13-,14?,16+,17?/m11100/s1. The second-order valence-electron chi connectivity index (χ2n) is 42.1. The number of nitrogens with zero attached hydrogens (tertiary/aromatic N) is 15. The Hall–Kier alpha value is -12.1. The van der Waals surface area contributed by atoms with Gasteiger partial charge in [-0.25, -0.2) is 63.0 Å². The summed E-state index contributed by atoms with van der Waals surface area (Å²) in [5.74, 6) is 5.34. The molecule has 140 heavy (non-hydrogen) atoms. The maximum absolute atomic E-state index is 15.3. The van der Waals surface area contributed by atoms with E-state index >= 15 is 13.2 Å². The minimum Gasteiger partial charge on any atom is -0.381 e. The van der Waals surface area contributed by atoms with Gasteiger partial charge in [0.2, 0.25) is 29.5 Å². The molecular formula is C105H136F3N25O7.